The SMILES string of the molecule is CCNC(=NCc1ccccc1Cl)NCC(=O)N(C)CCc1ccccn1. The molecule has 1 aromatic carbocycles. The van der Waals surface area contributed by atoms with Gasteiger partial charge >= 0.3 is 0 Å². The lowest BCUT2D eigenvalue weighted by molar-refractivity contribution is -0.128. The molecule has 2 N–H and O–H groups in total. The highest BCUT2D eigenvalue weighted by molar-refractivity contribution is 6.31. The Kier molecular flexibility index (Phi) is 8.58. The van der Waals surface area contributed by atoms with Gasteiger partial charge in [0.15, 0.2) is 5.96 Å². The van der Waals surface area contributed by atoms with Crippen LogP contribution in [0.15, 0.2) is 53.7 Å². The summed E-state index contributed by atoms with van der Waals surface area (Å²) in [5.41, 5.74) is 1.91. The maximum Gasteiger partial charge on any atom is 0.241 e. The number of aliphatic imine (C=N–C) groups is 1. The van der Waals surface area contributed by atoms with Gasteiger partial charge in [-0.3, -0.25) is 9.78 Å². The van der Waals surface area contributed by atoms with Crippen LogP contribution in [0.25, 0.3) is 0 Å². The molecule has 1 amide bonds. The first-order valence-electron chi connectivity index (χ1n) is 8.99. The zero-order chi connectivity index (χ0) is 19.5. The molecule has 2 aromatic rings. The van der Waals surface area contributed by atoms with E-state index in [1.807, 2.05) is 49.4 Å². The number of nitrogens with one attached hydrogen (secondary N) is 2. The molecule has 0 aliphatic heterocycles. The zero-order valence-electron chi connectivity index (χ0n) is 15.8. The first-order valence-corrected chi connectivity index (χ1v) is 9.37. The van der Waals surface area contributed by atoms with Crippen molar-refractivity contribution in [2.45, 2.75) is 19.9 Å². The highest BCUT2D eigenvalue weighted by Crippen LogP contribution is 2.15. The maximum atomic E-state index is 12.3. The van der Waals surface area contributed by atoms with E-state index in [1.54, 1.807) is 18.1 Å². The van der Waals surface area contributed by atoms with Gasteiger partial charge in [-0.1, -0.05) is 35.9 Å². The summed E-state index contributed by atoms with van der Waals surface area (Å²) in [6.45, 7) is 3.92. The topological polar surface area (TPSA) is 69.6 Å². The van der Waals surface area contributed by atoms with E-state index < -0.39 is 0 Å². The van der Waals surface area contributed by atoms with Crippen molar-refractivity contribution < 1.29 is 4.79 Å². The number of aromatic nitrogens is 1. The number of guanidine groups is 1. The highest BCUT2D eigenvalue weighted by atomic mass is 35.5. The van der Waals surface area contributed by atoms with Crippen molar-refractivity contribution in [1.29, 1.82) is 0 Å². The van der Waals surface area contributed by atoms with Crippen LogP contribution < -0.4 is 10.6 Å². The van der Waals surface area contributed by atoms with E-state index in [0.717, 1.165) is 17.7 Å². The standard InChI is InChI=1S/C20H26ClN5O/c1-3-22-20(24-14-16-8-4-5-10-18(16)21)25-15-19(27)26(2)13-11-17-9-6-7-12-23-17/h4-10,12H,3,11,13-15H2,1-2H3,(H2,22,24,25). The fraction of sp³-hybridized carbons (Fsp3) is 0.350. The Balaban J connectivity index is 1.83. The Labute approximate surface area is 165 Å². The number of carbonyl (C=O) groups excluding carboxylic acids is 1. The van der Waals surface area contributed by atoms with Crippen LogP contribution in [0.2, 0.25) is 5.02 Å². The van der Waals surface area contributed by atoms with Gasteiger partial charge in [0, 0.05) is 43.5 Å². The van der Waals surface area contributed by atoms with Crippen LogP contribution in [0, 0.1) is 0 Å². The summed E-state index contributed by atoms with van der Waals surface area (Å²) in [5, 5.41) is 6.90. The minimum absolute atomic E-state index is 0.00530. The van der Waals surface area contributed by atoms with Gasteiger partial charge in [-0.25, -0.2) is 4.99 Å². The molecule has 6 nitrogen and oxygen atoms in total. The summed E-state index contributed by atoms with van der Waals surface area (Å²) in [6.07, 6.45) is 2.49. The van der Waals surface area contributed by atoms with E-state index in [9.17, 15) is 4.79 Å². The third-order valence-corrected chi connectivity index (χ3v) is 4.34. The number of carbonyl (C=O) groups is 1. The number of amides is 1. The Bertz CT molecular complexity index is 751. The van der Waals surface area contributed by atoms with E-state index in [2.05, 4.69) is 20.6 Å². The van der Waals surface area contributed by atoms with Crippen LogP contribution in [0.5, 0.6) is 0 Å². The lowest BCUT2D eigenvalue weighted by Gasteiger charge is -2.18. The van der Waals surface area contributed by atoms with Crippen molar-refractivity contribution in [2.24, 2.45) is 4.99 Å². The number of hydrogen-bond acceptors (Lipinski definition) is 3. The molecule has 0 aliphatic rings. The van der Waals surface area contributed by atoms with E-state index in [1.165, 1.54) is 0 Å². The summed E-state index contributed by atoms with van der Waals surface area (Å²) in [7, 11) is 1.79. The Morgan fingerprint density at radius 2 is 1.96 bits per heavy atom. The van der Waals surface area contributed by atoms with Gasteiger partial charge < -0.3 is 15.5 Å². The van der Waals surface area contributed by atoms with Crippen LogP contribution in [0.4, 0.5) is 0 Å². The molecule has 7 heteroatoms. The second kappa shape index (κ2) is 11.2. The number of hydrogen-bond donors (Lipinski definition) is 2. The molecule has 0 unspecified atom stereocenters. The predicted octanol–water partition coefficient (Wildman–Crippen LogP) is 2.49. The second-order valence-electron chi connectivity index (χ2n) is 6.03. The average molecular weight is 388 g/mol. The molecule has 0 spiro atoms. The van der Waals surface area contributed by atoms with E-state index in [4.69, 9.17) is 11.6 Å². The molecule has 0 saturated carbocycles. The molecule has 0 atom stereocenters. The van der Waals surface area contributed by atoms with Gasteiger partial charge in [-0.2, -0.15) is 0 Å². The van der Waals surface area contributed by atoms with Crippen LogP contribution in [-0.2, 0) is 17.8 Å². The highest BCUT2D eigenvalue weighted by Gasteiger charge is 2.10. The quantitative estimate of drug-likeness (QED) is 0.539. The second-order valence-corrected chi connectivity index (χ2v) is 6.43. The molecule has 0 fully saturated rings. The van der Waals surface area contributed by atoms with Crippen molar-refractivity contribution >= 4 is 23.5 Å². The molecule has 2 rings (SSSR count). The van der Waals surface area contributed by atoms with E-state index in [-0.39, 0.29) is 12.5 Å². The van der Waals surface area contributed by atoms with Crippen molar-refractivity contribution in [3.63, 3.8) is 0 Å². The number of nitrogens with zero attached hydrogens (tertiary/aromatic N) is 3. The maximum absolute atomic E-state index is 12.3. The molecular formula is C20H26ClN5O. The fourth-order valence-corrected chi connectivity index (χ4v) is 2.58. The smallest absolute Gasteiger partial charge is 0.241 e. The zero-order valence-corrected chi connectivity index (χ0v) is 16.5. The first kappa shape index (κ1) is 20.7. The van der Waals surface area contributed by atoms with Gasteiger partial charge in [0.05, 0.1) is 13.1 Å². The number of rotatable bonds is 8. The molecule has 27 heavy (non-hydrogen) atoms. The summed E-state index contributed by atoms with van der Waals surface area (Å²) in [4.78, 5) is 22.8. The van der Waals surface area contributed by atoms with Gasteiger partial charge in [-0.15, -0.1) is 0 Å². The number of likely N-dealkylation sites (N-methyl/N-ethyl adjacent to an activating group) is 1. The van der Waals surface area contributed by atoms with Crippen molar-refractivity contribution in [3.05, 3.63) is 64.9 Å². The lowest BCUT2D eigenvalue weighted by atomic mass is 10.2. The van der Waals surface area contributed by atoms with E-state index >= 15 is 0 Å². The molecule has 1 aromatic heterocycles. The third kappa shape index (κ3) is 7.27. The molecular weight excluding hydrogens is 362 g/mol. The summed E-state index contributed by atoms with van der Waals surface area (Å²) in [6, 6.07) is 13.4. The van der Waals surface area contributed by atoms with Crippen molar-refractivity contribution in [1.82, 2.24) is 20.5 Å². The van der Waals surface area contributed by atoms with Crippen molar-refractivity contribution in [3.8, 4) is 0 Å². The van der Waals surface area contributed by atoms with Crippen LogP contribution in [0.1, 0.15) is 18.2 Å². The minimum Gasteiger partial charge on any atom is -0.357 e. The van der Waals surface area contributed by atoms with Crippen LogP contribution >= 0.6 is 11.6 Å². The van der Waals surface area contributed by atoms with Gasteiger partial charge in [0.25, 0.3) is 0 Å². The summed E-state index contributed by atoms with van der Waals surface area (Å²) in [5.74, 6) is 0.582. The Hall–Kier alpha value is -2.60. The van der Waals surface area contributed by atoms with Crippen LogP contribution in [-0.4, -0.2) is 48.4 Å². The fourth-order valence-electron chi connectivity index (χ4n) is 2.38. The predicted molar refractivity (Wildman–Crippen MR) is 110 cm³/mol. The first-order chi connectivity index (χ1) is 13.1. The minimum atomic E-state index is -0.00530. The number of benzene rings is 1. The molecule has 0 bridgehead atoms. The molecule has 0 saturated heterocycles. The number of halogens is 1. The summed E-state index contributed by atoms with van der Waals surface area (Å²) < 4.78 is 0. The molecule has 144 valence electrons. The van der Waals surface area contributed by atoms with Gasteiger partial charge in [-0.05, 0) is 30.7 Å². The monoisotopic (exact) mass is 387 g/mol. The Morgan fingerprint density at radius 1 is 1.19 bits per heavy atom. The normalized spacial score (nSPS) is 11.1. The molecule has 0 aliphatic carbocycles. The third-order valence-electron chi connectivity index (χ3n) is 3.97. The van der Waals surface area contributed by atoms with Gasteiger partial charge in [0.2, 0.25) is 5.91 Å². The van der Waals surface area contributed by atoms with E-state index in [0.29, 0.717) is 30.6 Å². The average Bonchev–Trinajstić information content (AvgIpc) is 2.69. The summed E-state index contributed by atoms with van der Waals surface area (Å²) >= 11 is 6.16. The van der Waals surface area contributed by atoms with Crippen molar-refractivity contribution in [2.75, 3.05) is 26.7 Å². The number of pyridine rings is 1. The van der Waals surface area contributed by atoms with Gasteiger partial charge in [0.1, 0.15) is 0 Å². The molecule has 0 radical (unpaired) electrons. The molecule has 1 heterocycles. The van der Waals surface area contributed by atoms with Crippen LogP contribution in [0.3, 0.4) is 0 Å². The Morgan fingerprint density at radius 3 is 2.67 bits per heavy atom. The lowest BCUT2D eigenvalue weighted by Crippen LogP contribution is -2.44. The largest absolute Gasteiger partial charge is 0.357 e.